The molecule has 0 atom stereocenters. The van der Waals surface area contributed by atoms with Crippen LogP contribution in [0.15, 0.2) is 24.5 Å². The number of amides is 1. The van der Waals surface area contributed by atoms with Gasteiger partial charge in [-0.15, -0.1) is 11.3 Å². The van der Waals surface area contributed by atoms with Gasteiger partial charge in [0.15, 0.2) is 6.61 Å². The molecule has 1 aliphatic carbocycles. The van der Waals surface area contributed by atoms with Gasteiger partial charge in [-0.3, -0.25) is 4.79 Å². The van der Waals surface area contributed by atoms with Crippen LogP contribution >= 0.6 is 22.9 Å². The van der Waals surface area contributed by atoms with Crippen molar-refractivity contribution in [1.82, 2.24) is 9.97 Å². The van der Waals surface area contributed by atoms with Crippen molar-refractivity contribution >= 4 is 44.7 Å². The third-order valence-corrected chi connectivity index (χ3v) is 6.12. The molecule has 3 aromatic rings. The van der Waals surface area contributed by atoms with Gasteiger partial charge in [0.1, 0.15) is 11.2 Å². The molecule has 0 saturated carbocycles. The number of hydrogen-bond acceptors (Lipinski definition) is 5. The van der Waals surface area contributed by atoms with Crippen molar-refractivity contribution in [3.63, 3.8) is 0 Å². The Balaban J connectivity index is 1.50. The van der Waals surface area contributed by atoms with Crippen LogP contribution in [-0.4, -0.2) is 22.5 Å². The van der Waals surface area contributed by atoms with Crippen molar-refractivity contribution < 1.29 is 9.53 Å². The molecule has 4 rings (SSSR count). The Morgan fingerprint density at radius 2 is 2.15 bits per heavy atom. The number of halogens is 1. The number of nitrogens with one attached hydrogen (secondary N) is 1. The van der Waals surface area contributed by atoms with Crippen LogP contribution in [0.2, 0.25) is 5.02 Å². The molecule has 0 radical (unpaired) electrons. The first-order valence-corrected chi connectivity index (χ1v) is 9.75. The summed E-state index contributed by atoms with van der Waals surface area (Å²) in [6.07, 6.45) is 5.99. The van der Waals surface area contributed by atoms with Crippen LogP contribution in [0.4, 0.5) is 5.69 Å². The summed E-state index contributed by atoms with van der Waals surface area (Å²) in [6.45, 7) is 1.81. The van der Waals surface area contributed by atoms with Crippen molar-refractivity contribution in [2.75, 3.05) is 11.9 Å². The molecular weight excluding hydrogens is 370 g/mol. The highest BCUT2D eigenvalue weighted by Gasteiger charge is 2.21. The van der Waals surface area contributed by atoms with Crippen LogP contribution < -0.4 is 10.1 Å². The average Bonchev–Trinajstić information content (AvgIpc) is 3.02. The number of aryl methyl sites for hydroxylation is 3. The molecule has 134 valence electrons. The molecule has 7 heteroatoms. The van der Waals surface area contributed by atoms with Crippen LogP contribution in [-0.2, 0) is 17.6 Å². The summed E-state index contributed by atoms with van der Waals surface area (Å²) in [6, 6.07) is 5.41. The summed E-state index contributed by atoms with van der Waals surface area (Å²) in [7, 11) is 0. The van der Waals surface area contributed by atoms with E-state index in [1.54, 1.807) is 17.4 Å². The van der Waals surface area contributed by atoms with E-state index in [1.165, 1.54) is 29.6 Å². The molecule has 1 aliphatic rings. The number of thiophene rings is 1. The van der Waals surface area contributed by atoms with Gasteiger partial charge in [-0.05, 0) is 55.9 Å². The molecule has 0 unspecified atom stereocenters. The van der Waals surface area contributed by atoms with Gasteiger partial charge in [0, 0.05) is 15.6 Å². The molecule has 1 amide bonds. The monoisotopic (exact) mass is 387 g/mol. The van der Waals surface area contributed by atoms with E-state index in [-0.39, 0.29) is 12.5 Å². The molecular formula is C19H18ClN3O2S. The van der Waals surface area contributed by atoms with Gasteiger partial charge in [-0.25, -0.2) is 9.97 Å². The van der Waals surface area contributed by atoms with E-state index in [9.17, 15) is 4.79 Å². The van der Waals surface area contributed by atoms with Crippen molar-refractivity contribution in [3.8, 4) is 5.88 Å². The topological polar surface area (TPSA) is 64.1 Å². The number of ether oxygens (including phenoxy) is 1. The number of carbonyl (C=O) groups is 1. The Labute approximate surface area is 160 Å². The van der Waals surface area contributed by atoms with Crippen molar-refractivity contribution in [2.45, 2.75) is 32.6 Å². The summed E-state index contributed by atoms with van der Waals surface area (Å²) in [5, 5.41) is 4.38. The maximum absolute atomic E-state index is 12.2. The molecule has 0 spiro atoms. The third-order valence-electron chi connectivity index (χ3n) is 4.51. The number of carbonyl (C=O) groups excluding carboxylic acids is 1. The Hall–Kier alpha value is -2.18. The van der Waals surface area contributed by atoms with Crippen molar-refractivity contribution in [3.05, 3.63) is 45.6 Å². The van der Waals surface area contributed by atoms with Crippen LogP contribution in [0.3, 0.4) is 0 Å². The molecule has 1 aromatic carbocycles. The zero-order valence-electron chi connectivity index (χ0n) is 14.3. The van der Waals surface area contributed by atoms with Gasteiger partial charge < -0.3 is 10.1 Å². The molecule has 2 aromatic heterocycles. The number of aromatic nitrogens is 2. The van der Waals surface area contributed by atoms with E-state index in [0.717, 1.165) is 28.6 Å². The van der Waals surface area contributed by atoms with E-state index in [4.69, 9.17) is 16.3 Å². The minimum atomic E-state index is -0.249. The Kier molecular flexibility index (Phi) is 4.78. The molecule has 0 saturated heterocycles. The van der Waals surface area contributed by atoms with Gasteiger partial charge in [0.2, 0.25) is 5.88 Å². The first kappa shape index (κ1) is 17.2. The number of benzene rings is 1. The zero-order chi connectivity index (χ0) is 18.1. The summed E-state index contributed by atoms with van der Waals surface area (Å²) in [5.74, 6) is 0.243. The average molecular weight is 388 g/mol. The highest BCUT2D eigenvalue weighted by molar-refractivity contribution is 7.18. The van der Waals surface area contributed by atoms with Crippen molar-refractivity contribution in [2.24, 2.45) is 0 Å². The molecule has 0 bridgehead atoms. The standard InChI is InChI=1S/C19H18ClN3O2S/c1-11-6-7-12(8-14(11)20)23-16(24)9-25-18-17-13-4-2-3-5-15(13)26-19(17)22-10-21-18/h6-8,10H,2-5,9H2,1H3,(H,23,24). The summed E-state index contributed by atoms with van der Waals surface area (Å²) < 4.78 is 5.74. The van der Waals surface area contributed by atoms with Gasteiger partial charge >= 0.3 is 0 Å². The zero-order valence-corrected chi connectivity index (χ0v) is 15.9. The molecule has 1 N–H and O–H groups in total. The predicted molar refractivity (Wildman–Crippen MR) is 104 cm³/mol. The van der Waals surface area contributed by atoms with Gasteiger partial charge in [0.05, 0.1) is 5.39 Å². The highest BCUT2D eigenvalue weighted by Crippen LogP contribution is 2.38. The maximum Gasteiger partial charge on any atom is 0.262 e. The number of anilines is 1. The maximum atomic E-state index is 12.2. The van der Waals surface area contributed by atoms with Gasteiger partial charge in [-0.1, -0.05) is 17.7 Å². The predicted octanol–water partition coefficient (Wildman–Crippen LogP) is 4.55. The molecule has 0 fully saturated rings. The Bertz CT molecular complexity index is 986. The van der Waals surface area contributed by atoms with E-state index in [1.807, 2.05) is 19.1 Å². The number of hydrogen-bond donors (Lipinski definition) is 1. The minimum Gasteiger partial charge on any atom is -0.467 e. The third kappa shape index (κ3) is 3.39. The van der Waals surface area contributed by atoms with Crippen LogP contribution in [0.1, 0.15) is 28.8 Å². The van der Waals surface area contributed by atoms with E-state index in [0.29, 0.717) is 16.6 Å². The number of rotatable bonds is 4. The SMILES string of the molecule is Cc1ccc(NC(=O)COc2ncnc3sc4c(c23)CCCC4)cc1Cl. The van der Waals surface area contributed by atoms with E-state index < -0.39 is 0 Å². The molecule has 5 nitrogen and oxygen atoms in total. The van der Waals surface area contributed by atoms with Gasteiger partial charge in [-0.2, -0.15) is 0 Å². The quantitative estimate of drug-likeness (QED) is 0.713. The fourth-order valence-corrected chi connectivity index (χ4v) is 4.57. The second-order valence-corrected chi connectivity index (χ2v) is 7.86. The second-order valence-electron chi connectivity index (χ2n) is 6.37. The largest absolute Gasteiger partial charge is 0.467 e. The first-order valence-electron chi connectivity index (χ1n) is 8.56. The van der Waals surface area contributed by atoms with E-state index in [2.05, 4.69) is 15.3 Å². The first-order chi connectivity index (χ1) is 12.6. The lowest BCUT2D eigenvalue weighted by Gasteiger charge is -2.12. The molecule has 0 aliphatic heterocycles. The fraction of sp³-hybridized carbons (Fsp3) is 0.316. The summed E-state index contributed by atoms with van der Waals surface area (Å²) in [4.78, 5) is 23.2. The normalized spacial score (nSPS) is 13.5. The lowest BCUT2D eigenvalue weighted by Crippen LogP contribution is -2.20. The highest BCUT2D eigenvalue weighted by atomic mass is 35.5. The van der Waals surface area contributed by atoms with Crippen LogP contribution in [0, 0.1) is 6.92 Å². The second kappa shape index (κ2) is 7.21. The number of fused-ring (bicyclic) bond motifs is 3. The van der Waals surface area contributed by atoms with Gasteiger partial charge in [0.25, 0.3) is 5.91 Å². The number of nitrogens with zero attached hydrogens (tertiary/aromatic N) is 2. The Morgan fingerprint density at radius 1 is 1.31 bits per heavy atom. The minimum absolute atomic E-state index is 0.109. The lowest BCUT2D eigenvalue weighted by molar-refractivity contribution is -0.118. The van der Waals surface area contributed by atoms with Crippen molar-refractivity contribution in [1.29, 1.82) is 0 Å². The van der Waals surface area contributed by atoms with E-state index >= 15 is 0 Å². The summed E-state index contributed by atoms with van der Waals surface area (Å²) in [5.41, 5.74) is 2.90. The Morgan fingerprint density at radius 3 is 3.00 bits per heavy atom. The summed E-state index contributed by atoms with van der Waals surface area (Å²) >= 11 is 7.80. The molecule has 2 heterocycles. The lowest BCUT2D eigenvalue weighted by atomic mass is 9.97. The molecule has 26 heavy (non-hydrogen) atoms. The van der Waals surface area contributed by atoms with Crippen LogP contribution in [0.5, 0.6) is 5.88 Å². The smallest absolute Gasteiger partial charge is 0.262 e. The fourth-order valence-electron chi connectivity index (χ4n) is 3.17. The van der Waals surface area contributed by atoms with Crippen LogP contribution in [0.25, 0.3) is 10.2 Å².